The Bertz CT molecular complexity index is 1200. The van der Waals surface area contributed by atoms with Crippen LogP contribution in [0.15, 0.2) is 48.8 Å². The van der Waals surface area contributed by atoms with Crippen LogP contribution < -0.4 is 15.4 Å². The first-order valence-corrected chi connectivity index (χ1v) is 11.0. The summed E-state index contributed by atoms with van der Waals surface area (Å²) in [5, 5.41) is 16.8. The summed E-state index contributed by atoms with van der Waals surface area (Å²) in [5.41, 5.74) is 2.96. The fraction of sp³-hybridized carbons (Fsp3) is 0.292. The Balaban J connectivity index is 1.55. The molecule has 2 heterocycles. The van der Waals surface area contributed by atoms with Gasteiger partial charge in [-0.3, -0.25) is 9.69 Å². The van der Waals surface area contributed by atoms with E-state index in [1.54, 1.807) is 25.3 Å². The lowest BCUT2D eigenvalue weighted by molar-refractivity contribution is -0.111. The van der Waals surface area contributed by atoms with Gasteiger partial charge >= 0.3 is 0 Å². The fourth-order valence-electron chi connectivity index (χ4n) is 3.67. The Labute approximate surface area is 197 Å². The van der Waals surface area contributed by atoms with Gasteiger partial charge in [-0.2, -0.15) is 0 Å². The molecule has 0 saturated carbocycles. The third-order valence-electron chi connectivity index (χ3n) is 5.73. The van der Waals surface area contributed by atoms with E-state index < -0.39 is 0 Å². The van der Waals surface area contributed by atoms with Crippen LogP contribution in [-0.2, 0) is 4.79 Å². The zero-order valence-corrected chi connectivity index (χ0v) is 19.3. The minimum absolute atomic E-state index is 0.140. The normalized spacial score (nSPS) is 16.1. The molecule has 33 heavy (non-hydrogen) atoms. The number of likely N-dealkylation sites (tertiary alicyclic amines) is 1. The molecular formula is C24H26ClN5O3. The zero-order chi connectivity index (χ0) is 23.4. The summed E-state index contributed by atoms with van der Waals surface area (Å²) in [6.45, 7) is 3.63. The van der Waals surface area contributed by atoms with Gasteiger partial charge in [0, 0.05) is 47.4 Å². The van der Waals surface area contributed by atoms with Gasteiger partial charge in [-0.15, -0.1) is 0 Å². The molecular weight excluding hydrogens is 442 g/mol. The number of aromatic nitrogens is 2. The number of methoxy groups -OCH3 is 1. The van der Waals surface area contributed by atoms with Crippen LogP contribution in [0, 0.1) is 6.92 Å². The molecule has 4 rings (SSSR count). The lowest BCUT2D eigenvalue weighted by Crippen LogP contribution is -2.49. The van der Waals surface area contributed by atoms with E-state index in [1.165, 1.54) is 12.4 Å². The van der Waals surface area contributed by atoms with Gasteiger partial charge in [0.25, 0.3) is 0 Å². The number of aliphatic hydroxyl groups excluding tert-OH is 1. The first kappa shape index (κ1) is 23.0. The molecule has 1 aliphatic rings. The molecule has 0 spiro atoms. The standard InChI is InChI=1S/C24H26ClN5O3/c1-15-5-6-16(10-19(15)25)28-24-18-11-21(22(33-2)12-20(18)26-14-27-24)29-23(32)4-3-8-30-9-7-17(30)13-31/h3-6,10-12,14,17,31H,7-9,13H2,1-2H3,(H,29,32)(H,26,27,28). The number of ether oxygens (including phenoxy) is 1. The number of nitrogens with one attached hydrogen (secondary N) is 2. The van der Waals surface area contributed by atoms with E-state index in [9.17, 15) is 9.90 Å². The van der Waals surface area contributed by atoms with E-state index >= 15 is 0 Å². The molecule has 1 saturated heterocycles. The Morgan fingerprint density at radius 3 is 2.88 bits per heavy atom. The third-order valence-corrected chi connectivity index (χ3v) is 6.14. The molecule has 1 fully saturated rings. The summed E-state index contributed by atoms with van der Waals surface area (Å²) >= 11 is 6.25. The van der Waals surface area contributed by atoms with Gasteiger partial charge < -0.3 is 20.5 Å². The monoisotopic (exact) mass is 467 g/mol. The predicted molar refractivity (Wildman–Crippen MR) is 130 cm³/mol. The van der Waals surface area contributed by atoms with Crippen LogP contribution in [0.25, 0.3) is 10.9 Å². The molecule has 2 aromatic carbocycles. The van der Waals surface area contributed by atoms with E-state index in [4.69, 9.17) is 16.3 Å². The maximum Gasteiger partial charge on any atom is 0.248 e. The predicted octanol–water partition coefficient (Wildman–Crippen LogP) is 3.91. The number of benzene rings is 2. The Kier molecular flexibility index (Phi) is 7.08. The van der Waals surface area contributed by atoms with E-state index in [1.807, 2.05) is 25.1 Å². The van der Waals surface area contributed by atoms with Gasteiger partial charge in [0.05, 0.1) is 24.9 Å². The van der Waals surface area contributed by atoms with E-state index in [2.05, 4.69) is 25.5 Å². The average Bonchev–Trinajstić information content (AvgIpc) is 2.78. The highest BCUT2D eigenvalue weighted by molar-refractivity contribution is 6.31. The van der Waals surface area contributed by atoms with Gasteiger partial charge in [-0.1, -0.05) is 23.7 Å². The second-order valence-corrected chi connectivity index (χ2v) is 8.30. The molecule has 1 aromatic heterocycles. The van der Waals surface area contributed by atoms with E-state index in [0.29, 0.717) is 34.3 Å². The SMILES string of the molecule is COc1cc2ncnc(Nc3ccc(C)c(Cl)c3)c2cc1NC(=O)C=CCN1CCC1CO. The van der Waals surface area contributed by atoms with Crippen molar-refractivity contribution in [2.75, 3.05) is 37.4 Å². The molecule has 3 aromatic rings. The smallest absolute Gasteiger partial charge is 0.248 e. The topological polar surface area (TPSA) is 99.6 Å². The maximum atomic E-state index is 12.5. The molecule has 0 bridgehead atoms. The van der Waals surface area contributed by atoms with E-state index in [0.717, 1.165) is 29.6 Å². The molecule has 172 valence electrons. The van der Waals surface area contributed by atoms with Crippen molar-refractivity contribution in [2.24, 2.45) is 0 Å². The number of amides is 1. The summed E-state index contributed by atoms with van der Waals surface area (Å²) in [7, 11) is 1.54. The Hall–Kier alpha value is -3.20. The number of aryl methyl sites for hydroxylation is 1. The highest BCUT2D eigenvalue weighted by atomic mass is 35.5. The van der Waals surface area contributed by atoms with Crippen molar-refractivity contribution in [1.29, 1.82) is 0 Å². The highest BCUT2D eigenvalue weighted by Gasteiger charge is 2.25. The van der Waals surface area contributed by atoms with Crippen LogP contribution in [0.2, 0.25) is 5.02 Å². The molecule has 1 unspecified atom stereocenters. The van der Waals surface area contributed by atoms with Crippen molar-refractivity contribution in [1.82, 2.24) is 14.9 Å². The summed E-state index contributed by atoms with van der Waals surface area (Å²) in [5.74, 6) is 0.808. The minimum Gasteiger partial charge on any atom is -0.494 e. The van der Waals surface area contributed by atoms with Crippen molar-refractivity contribution in [3.63, 3.8) is 0 Å². The molecule has 9 heteroatoms. The largest absolute Gasteiger partial charge is 0.494 e. The van der Waals surface area contributed by atoms with Gasteiger partial charge in [-0.05, 0) is 37.1 Å². The van der Waals surface area contributed by atoms with Crippen LogP contribution in [0.4, 0.5) is 17.2 Å². The number of nitrogens with zero attached hydrogens (tertiary/aromatic N) is 3. The van der Waals surface area contributed by atoms with Gasteiger partial charge in [0.2, 0.25) is 5.91 Å². The van der Waals surface area contributed by atoms with Crippen molar-refractivity contribution in [3.8, 4) is 5.75 Å². The molecule has 8 nitrogen and oxygen atoms in total. The number of rotatable bonds is 8. The van der Waals surface area contributed by atoms with Crippen molar-refractivity contribution in [2.45, 2.75) is 19.4 Å². The minimum atomic E-state index is -0.273. The van der Waals surface area contributed by atoms with Gasteiger partial charge in [0.1, 0.15) is 17.9 Å². The lowest BCUT2D eigenvalue weighted by Gasteiger charge is -2.39. The average molecular weight is 468 g/mol. The molecule has 3 N–H and O–H groups in total. The quantitative estimate of drug-likeness (QED) is 0.432. The number of aliphatic hydroxyl groups is 1. The number of halogens is 1. The Morgan fingerprint density at radius 1 is 1.33 bits per heavy atom. The van der Waals surface area contributed by atoms with Crippen LogP contribution in [0.3, 0.4) is 0 Å². The second-order valence-electron chi connectivity index (χ2n) is 7.89. The number of carbonyl (C=O) groups excluding carboxylic acids is 1. The summed E-state index contributed by atoms with van der Waals surface area (Å²) in [4.78, 5) is 23.3. The van der Waals surface area contributed by atoms with Crippen LogP contribution in [0.5, 0.6) is 5.75 Å². The highest BCUT2D eigenvalue weighted by Crippen LogP contribution is 2.33. The second kappa shape index (κ2) is 10.2. The molecule has 1 aliphatic heterocycles. The summed E-state index contributed by atoms with van der Waals surface area (Å²) < 4.78 is 5.47. The maximum absolute atomic E-state index is 12.5. The molecule has 1 atom stereocenters. The van der Waals surface area contributed by atoms with Gasteiger partial charge in [0.15, 0.2) is 0 Å². The van der Waals surface area contributed by atoms with Crippen molar-refractivity contribution < 1.29 is 14.6 Å². The number of anilines is 3. The van der Waals surface area contributed by atoms with Crippen molar-refractivity contribution >= 4 is 45.6 Å². The number of fused-ring (bicyclic) bond motifs is 1. The van der Waals surface area contributed by atoms with E-state index in [-0.39, 0.29) is 18.6 Å². The number of hydrogen-bond donors (Lipinski definition) is 3. The Morgan fingerprint density at radius 2 is 2.18 bits per heavy atom. The van der Waals surface area contributed by atoms with Crippen LogP contribution in [-0.4, -0.2) is 58.7 Å². The summed E-state index contributed by atoms with van der Waals surface area (Å²) in [6, 6.07) is 9.42. The van der Waals surface area contributed by atoms with Crippen molar-refractivity contribution in [3.05, 3.63) is 59.4 Å². The first-order valence-electron chi connectivity index (χ1n) is 10.7. The fourth-order valence-corrected chi connectivity index (χ4v) is 3.85. The van der Waals surface area contributed by atoms with Gasteiger partial charge in [-0.25, -0.2) is 9.97 Å². The lowest BCUT2D eigenvalue weighted by atomic mass is 10.0. The summed E-state index contributed by atoms with van der Waals surface area (Å²) in [6.07, 6.45) is 5.74. The van der Waals surface area contributed by atoms with Crippen LogP contribution in [0.1, 0.15) is 12.0 Å². The molecule has 0 radical (unpaired) electrons. The molecule has 0 aliphatic carbocycles. The third kappa shape index (κ3) is 5.24. The van der Waals surface area contributed by atoms with Crippen LogP contribution >= 0.6 is 11.6 Å². The number of carbonyl (C=O) groups is 1. The first-order chi connectivity index (χ1) is 16.0. The number of hydrogen-bond acceptors (Lipinski definition) is 7. The zero-order valence-electron chi connectivity index (χ0n) is 18.5. The molecule has 1 amide bonds.